The molecule has 2 aliphatic rings. The Morgan fingerprint density at radius 2 is 2.00 bits per heavy atom. The zero-order valence-corrected chi connectivity index (χ0v) is 15.0. The number of thiophene rings is 1. The van der Waals surface area contributed by atoms with Crippen LogP contribution in [0.5, 0.6) is 0 Å². The molecule has 4 rings (SSSR count). The van der Waals surface area contributed by atoms with E-state index in [1.807, 2.05) is 0 Å². The number of carbonyl (C=O) groups excluding carboxylic acids is 1. The fourth-order valence-corrected chi connectivity index (χ4v) is 5.27. The van der Waals surface area contributed by atoms with Gasteiger partial charge in [0.15, 0.2) is 0 Å². The number of nitrogens with zero attached hydrogens (tertiary/aromatic N) is 2. The second kappa shape index (κ2) is 6.34. The van der Waals surface area contributed by atoms with E-state index < -0.39 is 0 Å². The SMILES string of the molecule is CC(=O)N1CCC2(c3ccccc3)CCN(Cc3ccsc3)CC12. The summed E-state index contributed by atoms with van der Waals surface area (Å²) in [5, 5.41) is 4.38. The average molecular weight is 340 g/mol. The van der Waals surface area contributed by atoms with Crippen LogP contribution in [0.4, 0.5) is 0 Å². The van der Waals surface area contributed by atoms with Crippen molar-refractivity contribution >= 4 is 17.2 Å². The Hall–Kier alpha value is -1.65. The van der Waals surface area contributed by atoms with Crippen molar-refractivity contribution in [2.45, 2.75) is 37.8 Å². The molecule has 3 heterocycles. The van der Waals surface area contributed by atoms with Crippen LogP contribution in [0.1, 0.15) is 30.9 Å². The van der Waals surface area contributed by atoms with Crippen LogP contribution in [0.25, 0.3) is 0 Å². The van der Waals surface area contributed by atoms with Gasteiger partial charge in [0.25, 0.3) is 0 Å². The fourth-order valence-electron chi connectivity index (χ4n) is 4.61. The van der Waals surface area contributed by atoms with Crippen molar-refractivity contribution in [2.75, 3.05) is 19.6 Å². The van der Waals surface area contributed by atoms with Crippen molar-refractivity contribution in [1.29, 1.82) is 0 Å². The topological polar surface area (TPSA) is 23.6 Å². The predicted molar refractivity (Wildman–Crippen MR) is 98.1 cm³/mol. The third-order valence-corrected chi connectivity index (χ3v) is 6.59. The Bertz CT molecular complexity index is 700. The first-order valence-corrected chi connectivity index (χ1v) is 9.69. The largest absolute Gasteiger partial charge is 0.338 e. The second-order valence-corrected chi connectivity index (χ2v) is 7.90. The minimum atomic E-state index is 0.137. The van der Waals surface area contributed by atoms with Crippen molar-refractivity contribution < 1.29 is 4.79 Å². The maximum atomic E-state index is 12.2. The molecule has 0 spiro atoms. The van der Waals surface area contributed by atoms with E-state index in [9.17, 15) is 4.79 Å². The number of likely N-dealkylation sites (tertiary alicyclic amines) is 2. The van der Waals surface area contributed by atoms with Crippen LogP contribution in [0.15, 0.2) is 47.2 Å². The van der Waals surface area contributed by atoms with Gasteiger partial charge in [-0.1, -0.05) is 30.3 Å². The Kier molecular flexibility index (Phi) is 4.19. The first-order chi connectivity index (χ1) is 11.7. The lowest BCUT2D eigenvalue weighted by Gasteiger charge is -2.46. The summed E-state index contributed by atoms with van der Waals surface area (Å²) >= 11 is 1.76. The van der Waals surface area contributed by atoms with E-state index in [1.165, 1.54) is 11.1 Å². The van der Waals surface area contributed by atoms with E-state index in [4.69, 9.17) is 0 Å². The third-order valence-electron chi connectivity index (χ3n) is 5.86. The molecule has 0 aliphatic carbocycles. The van der Waals surface area contributed by atoms with Crippen LogP contribution in [-0.2, 0) is 16.8 Å². The van der Waals surface area contributed by atoms with Gasteiger partial charge in [0, 0.05) is 32.0 Å². The minimum absolute atomic E-state index is 0.137. The van der Waals surface area contributed by atoms with E-state index >= 15 is 0 Å². The quantitative estimate of drug-likeness (QED) is 0.854. The van der Waals surface area contributed by atoms with Gasteiger partial charge in [-0.2, -0.15) is 11.3 Å². The predicted octanol–water partition coefficient (Wildman–Crippen LogP) is 3.51. The zero-order valence-electron chi connectivity index (χ0n) is 14.1. The van der Waals surface area contributed by atoms with Crippen LogP contribution < -0.4 is 0 Å². The Morgan fingerprint density at radius 1 is 1.21 bits per heavy atom. The molecule has 1 aromatic heterocycles. The molecule has 126 valence electrons. The molecule has 2 unspecified atom stereocenters. The number of rotatable bonds is 3. The molecule has 2 saturated heterocycles. The fraction of sp³-hybridized carbons (Fsp3) is 0.450. The highest BCUT2D eigenvalue weighted by Crippen LogP contribution is 2.46. The summed E-state index contributed by atoms with van der Waals surface area (Å²) in [6.07, 6.45) is 2.23. The highest BCUT2D eigenvalue weighted by Gasteiger charge is 2.51. The Morgan fingerprint density at radius 3 is 2.71 bits per heavy atom. The van der Waals surface area contributed by atoms with Gasteiger partial charge in [-0.15, -0.1) is 0 Å². The molecule has 0 bridgehead atoms. The summed E-state index contributed by atoms with van der Waals surface area (Å²) in [7, 11) is 0. The summed E-state index contributed by atoms with van der Waals surface area (Å²) < 4.78 is 0. The molecular formula is C20H24N2OS. The standard InChI is InChI=1S/C20H24N2OS/c1-16(23)22-11-9-20(18-5-3-2-4-6-18)8-10-21(14-19(20)22)13-17-7-12-24-15-17/h2-7,12,15,19H,8-11,13-14H2,1H3. The number of amides is 1. The lowest BCUT2D eigenvalue weighted by atomic mass is 9.69. The van der Waals surface area contributed by atoms with Gasteiger partial charge >= 0.3 is 0 Å². The normalized spacial score (nSPS) is 27.2. The minimum Gasteiger partial charge on any atom is -0.338 e. The second-order valence-electron chi connectivity index (χ2n) is 7.12. The van der Waals surface area contributed by atoms with Gasteiger partial charge in [0.05, 0.1) is 6.04 Å². The first-order valence-electron chi connectivity index (χ1n) is 8.75. The molecule has 2 aliphatic heterocycles. The molecule has 24 heavy (non-hydrogen) atoms. The lowest BCUT2D eigenvalue weighted by molar-refractivity contribution is -0.131. The molecule has 1 aromatic carbocycles. The summed E-state index contributed by atoms with van der Waals surface area (Å²) in [5.74, 6) is 0.218. The van der Waals surface area contributed by atoms with Crippen LogP contribution in [0, 0.1) is 0 Å². The van der Waals surface area contributed by atoms with Crippen molar-refractivity contribution in [3.8, 4) is 0 Å². The molecule has 0 radical (unpaired) electrons. The van der Waals surface area contributed by atoms with Gasteiger partial charge in [0.2, 0.25) is 5.91 Å². The van der Waals surface area contributed by atoms with Crippen LogP contribution in [0.3, 0.4) is 0 Å². The lowest BCUT2D eigenvalue weighted by Crippen LogP contribution is -2.56. The van der Waals surface area contributed by atoms with E-state index in [0.29, 0.717) is 6.04 Å². The third kappa shape index (κ3) is 2.68. The number of hydrogen-bond acceptors (Lipinski definition) is 3. The number of hydrogen-bond donors (Lipinski definition) is 0. The van der Waals surface area contributed by atoms with Crippen molar-refractivity contribution in [3.05, 3.63) is 58.3 Å². The number of carbonyl (C=O) groups is 1. The smallest absolute Gasteiger partial charge is 0.219 e. The maximum absolute atomic E-state index is 12.2. The molecular weight excluding hydrogens is 316 g/mol. The van der Waals surface area contributed by atoms with Crippen molar-refractivity contribution in [3.63, 3.8) is 0 Å². The van der Waals surface area contributed by atoms with Gasteiger partial charge in [-0.05, 0) is 47.3 Å². The number of benzene rings is 1. The number of piperidine rings is 1. The molecule has 3 nitrogen and oxygen atoms in total. The van der Waals surface area contributed by atoms with E-state index in [-0.39, 0.29) is 11.3 Å². The van der Waals surface area contributed by atoms with Crippen molar-refractivity contribution in [1.82, 2.24) is 9.80 Å². The summed E-state index contributed by atoms with van der Waals surface area (Å²) in [6.45, 7) is 5.69. The summed E-state index contributed by atoms with van der Waals surface area (Å²) in [5.41, 5.74) is 2.94. The monoisotopic (exact) mass is 340 g/mol. The van der Waals surface area contributed by atoms with Gasteiger partial charge in [-0.3, -0.25) is 9.69 Å². The van der Waals surface area contributed by atoms with Crippen molar-refractivity contribution in [2.24, 2.45) is 0 Å². The summed E-state index contributed by atoms with van der Waals surface area (Å²) in [6, 6.07) is 13.4. The summed E-state index contributed by atoms with van der Waals surface area (Å²) in [4.78, 5) is 16.8. The highest BCUT2D eigenvalue weighted by molar-refractivity contribution is 7.07. The Labute approximate surface area is 147 Å². The molecule has 2 fully saturated rings. The molecule has 0 saturated carbocycles. The zero-order chi connectivity index (χ0) is 16.6. The number of fused-ring (bicyclic) bond motifs is 1. The molecule has 0 N–H and O–H groups in total. The van der Waals surface area contributed by atoms with Gasteiger partial charge in [0.1, 0.15) is 0 Å². The molecule has 2 aromatic rings. The maximum Gasteiger partial charge on any atom is 0.219 e. The van der Waals surface area contributed by atoms with E-state index in [1.54, 1.807) is 18.3 Å². The van der Waals surface area contributed by atoms with E-state index in [2.05, 4.69) is 57.0 Å². The van der Waals surface area contributed by atoms with Crippen LogP contribution >= 0.6 is 11.3 Å². The van der Waals surface area contributed by atoms with Gasteiger partial charge in [-0.25, -0.2) is 0 Å². The molecule has 1 amide bonds. The van der Waals surface area contributed by atoms with E-state index in [0.717, 1.165) is 39.0 Å². The average Bonchev–Trinajstić information content (AvgIpc) is 3.23. The van der Waals surface area contributed by atoms with Crippen LogP contribution in [0.2, 0.25) is 0 Å². The first kappa shape index (κ1) is 15.9. The van der Waals surface area contributed by atoms with Gasteiger partial charge < -0.3 is 4.90 Å². The molecule has 2 atom stereocenters. The highest BCUT2D eigenvalue weighted by atomic mass is 32.1. The molecule has 4 heteroatoms. The van der Waals surface area contributed by atoms with Crippen LogP contribution in [-0.4, -0.2) is 41.4 Å². The Balaban J connectivity index is 1.62.